The van der Waals surface area contributed by atoms with Crippen LogP contribution in [-0.4, -0.2) is 26.2 Å². The lowest BCUT2D eigenvalue weighted by atomic mass is 9.97. The second kappa shape index (κ2) is 9.32. The fraction of sp³-hybridized carbons (Fsp3) is 0.292. The zero-order valence-electron chi connectivity index (χ0n) is 17.3. The molecule has 0 radical (unpaired) electrons. The van der Waals surface area contributed by atoms with Gasteiger partial charge in [-0.15, -0.1) is 0 Å². The number of methoxy groups -OCH3 is 1. The molecule has 152 valence electrons. The van der Waals surface area contributed by atoms with Gasteiger partial charge in [0.1, 0.15) is 5.75 Å². The number of anilines is 1. The molecule has 5 nitrogen and oxygen atoms in total. The van der Waals surface area contributed by atoms with E-state index in [9.17, 15) is 4.79 Å². The van der Waals surface area contributed by atoms with Crippen LogP contribution in [0.1, 0.15) is 32.3 Å². The number of hydrogen-bond donors (Lipinski definition) is 1. The highest BCUT2D eigenvalue weighted by Gasteiger charge is 2.17. The van der Waals surface area contributed by atoms with Gasteiger partial charge in [0.2, 0.25) is 5.91 Å². The highest BCUT2D eigenvalue weighted by Crippen LogP contribution is 2.31. The van der Waals surface area contributed by atoms with E-state index in [0.29, 0.717) is 30.4 Å². The van der Waals surface area contributed by atoms with Crippen LogP contribution in [0.15, 0.2) is 54.6 Å². The Morgan fingerprint density at radius 1 is 0.897 bits per heavy atom. The van der Waals surface area contributed by atoms with Crippen LogP contribution in [0.3, 0.4) is 0 Å². The second-order valence-corrected chi connectivity index (χ2v) is 6.71. The third-order valence-electron chi connectivity index (χ3n) is 4.78. The van der Waals surface area contributed by atoms with E-state index in [1.54, 1.807) is 13.2 Å². The Bertz CT molecular complexity index is 999. The maximum absolute atomic E-state index is 12.8. The molecular formula is C24H27NO4. The van der Waals surface area contributed by atoms with E-state index in [1.807, 2.05) is 69.3 Å². The van der Waals surface area contributed by atoms with E-state index in [0.717, 1.165) is 22.1 Å². The molecule has 0 heterocycles. The highest BCUT2D eigenvalue weighted by molar-refractivity contribution is 5.96. The monoisotopic (exact) mass is 393 g/mol. The molecule has 0 aromatic heterocycles. The summed E-state index contributed by atoms with van der Waals surface area (Å²) < 4.78 is 16.5. The van der Waals surface area contributed by atoms with Gasteiger partial charge >= 0.3 is 0 Å². The molecule has 0 saturated heterocycles. The van der Waals surface area contributed by atoms with Gasteiger partial charge in [-0.1, -0.05) is 24.3 Å². The van der Waals surface area contributed by atoms with E-state index in [-0.39, 0.29) is 11.8 Å². The third kappa shape index (κ3) is 4.80. The number of hydrogen-bond acceptors (Lipinski definition) is 4. The van der Waals surface area contributed by atoms with Crippen LogP contribution >= 0.6 is 0 Å². The van der Waals surface area contributed by atoms with E-state index in [4.69, 9.17) is 14.2 Å². The number of fused-ring (bicyclic) bond motifs is 1. The summed E-state index contributed by atoms with van der Waals surface area (Å²) in [6.45, 7) is 6.82. The average Bonchev–Trinajstić information content (AvgIpc) is 2.74. The molecule has 0 bridgehead atoms. The zero-order chi connectivity index (χ0) is 20.8. The predicted molar refractivity (Wildman–Crippen MR) is 116 cm³/mol. The normalized spacial score (nSPS) is 11.7. The van der Waals surface area contributed by atoms with E-state index < -0.39 is 0 Å². The molecule has 1 unspecified atom stereocenters. The van der Waals surface area contributed by atoms with Crippen LogP contribution in [0.5, 0.6) is 17.2 Å². The molecule has 0 aliphatic rings. The standard InChI is InChI=1S/C24H27NO4/c1-5-28-22-12-10-20(15-23(22)29-6-2)25-24(26)16(3)17-7-8-19-14-21(27-4)11-9-18(19)13-17/h7-16H,5-6H2,1-4H3,(H,25,26). The Balaban J connectivity index is 1.78. The molecule has 1 atom stereocenters. The third-order valence-corrected chi connectivity index (χ3v) is 4.78. The fourth-order valence-corrected chi connectivity index (χ4v) is 3.17. The number of carbonyl (C=O) groups is 1. The summed E-state index contributed by atoms with van der Waals surface area (Å²) in [5.74, 6) is 1.73. The topological polar surface area (TPSA) is 56.8 Å². The fourth-order valence-electron chi connectivity index (χ4n) is 3.17. The molecule has 0 fully saturated rings. The van der Waals surface area contributed by atoms with Gasteiger partial charge in [-0.25, -0.2) is 0 Å². The first kappa shape index (κ1) is 20.5. The van der Waals surface area contributed by atoms with Crippen molar-refractivity contribution in [3.63, 3.8) is 0 Å². The van der Waals surface area contributed by atoms with Gasteiger partial charge in [-0.3, -0.25) is 4.79 Å². The summed E-state index contributed by atoms with van der Waals surface area (Å²) in [6.07, 6.45) is 0. The molecule has 0 aliphatic carbocycles. The first-order valence-electron chi connectivity index (χ1n) is 9.84. The van der Waals surface area contributed by atoms with Gasteiger partial charge in [0.15, 0.2) is 11.5 Å². The zero-order valence-corrected chi connectivity index (χ0v) is 17.3. The number of amides is 1. The summed E-state index contributed by atoms with van der Waals surface area (Å²) in [5, 5.41) is 5.13. The van der Waals surface area contributed by atoms with Crippen molar-refractivity contribution in [1.82, 2.24) is 0 Å². The summed E-state index contributed by atoms with van der Waals surface area (Å²) in [5.41, 5.74) is 1.63. The van der Waals surface area contributed by atoms with Gasteiger partial charge in [0.25, 0.3) is 0 Å². The van der Waals surface area contributed by atoms with Crippen LogP contribution in [0.2, 0.25) is 0 Å². The van der Waals surface area contributed by atoms with Crippen LogP contribution in [0.4, 0.5) is 5.69 Å². The Morgan fingerprint density at radius 3 is 2.31 bits per heavy atom. The average molecular weight is 393 g/mol. The van der Waals surface area contributed by atoms with Gasteiger partial charge in [-0.2, -0.15) is 0 Å². The summed E-state index contributed by atoms with van der Waals surface area (Å²) >= 11 is 0. The number of nitrogens with one attached hydrogen (secondary N) is 1. The number of ether oxygens (including phenoxy) is 3. The number of carbonyl (C=O) groups excluding carboxylic acids is 1. The first-order chi connectivity index (χ1) is 14.0. The molecule has 0 saturated carbocycles. The van der Waals surface area contributed by atoms with Gasteiger partial charge in [-0.05, 0) is 61.4 Å². The maximum atomic E-state index is 12.8. The maximum Gasteiger partial charge on any atom is 0.231 e. The van der Waals surface area contributed by atoms with Gasteiger partial charge in [0.05, 0.1) is 26.2 Å². The molecule has 29 heavy (non-hydrogen) atoms. The van der Waals surface area contributed by atoms with Gasteiger partial charge < -0.3 is 19.5 Å². The minimum atomic E-state index is -0.302. The number of benzene rings is 3. The molecule has 1 amide bonds. The summed E-state index contributed by atoms with van der Waals surface area (Å²) in [6, 6.07) is 17.4. The van der Waals surface area contributed by atoms with Crippen molar-refractivity contribution in [1.29, 1.82) is 0 Å². The summed E-state index contributed by atoms with van der Waals surface area (Å²) in [4.78, 5) is 12.8. The van der Waals surface area contributed by atoms with Crippen molar-refractivity contribution in [2.75, 3.05) is 25.6 Å². The van der Waals surface area contributed by atoms with Crippen molar-refractivity contribution in [3.8, 4) is 17.2 Å². The SMILES string of the molecule is CCOc1ccc(NC(=O)C(C)c2ccc3cc(OC)ccc3c2)cc1OCC. The van der Waals surface area contributed by atoms with Crippen molar-refractivity contribution in [2.24, 2.45) is 0 Å². The minimum Gasteiger partial charge on any atom is -0.497 e. The smallest absolute Gasteiger partial charge is 0.231 e. The lowest BCUT2D eigenvalue weighted by Crippen LogP contribution is -2.19. The molecule has 3 aromatic carbocycles. The van der Waals surface area contributed by atoms with Crippen LogP contribution in [0.25, 0.3) is 10.8 Å². The molecule has 5 heteroatoms. The molecule has 0 spiro atoms. The van der Waals surface area contributed by atoms with Crippen LogP contribution < -0.4 is 19.5 Å². The molecular weight excluding hydrogens is 366 g/mol. The van der Waals surface area contributed by atoms with Crippen molar-refractivity contribution in [2.45, 2.75) is 26.7 Å². The quantitative estimate of drug-likeness (QED) is 0.558. The molecule has 3 aromatic rings. The van der Waals surface area contributed by atoms with Gasteiger partial charge in [0, 0.05) is 11.8 Å². The van der Waals surface area contributed by atoms with Crippen LogP contribution in [0, 0.1) is 0 Å². The Hall–Kier alpha value is -3.21. The first-order valence-corrected chi connectivity index (χ1v) is 9.84. The Labute approximate surface area is 171 Å². The molecule has 0 aliphatic heterocycles. The van der Waals surface area contributed by atoms with E-state index >= 15 is 0 Å². The largest absolute Gasteiger partial charge is 0.497 e. The Kier molecular flexibility index (Phi) is 6.60. The van der Waals surface area contributed by atoms with Crippen molar-refractivity contribution >= 4 is 22.4 Å². The van der Waals surface area contributed by atoms with Crippen molar-refractivity contribution < 1.29 is 19.0 Å². The lowest BCUT2D eigenvalue weighted by Gasteiger charge is -2.16. The van der Waals surface area contributed by atoms with Crippen LogP contribution in [-0.2, 0) is 4.79 Å². The van der Waals surface area contributed by atoms with E-state index in [2.05, 4.69) is 5.32 Å². The second-order valence-electron chi connectivity index (χ2n) is 6.71. The minimum absolute atomic E-state index is 0.0792. The molecule has 3 rings (SSSR count). The predicted octanol–water partition coefficient (Wildman–Crippen LogP) is 5.39. The number of rotatable bonds is 8. The van der Waals surface area contributed by atoms with E-state index in [1.165, 1.54) is 0 Å². The Morgan fingerprint density at radius 2 is 1.59 bits per heavy atom. The lowest BCUT2D eigenvalue weighted by molar-refractivity contribution is -0.117. The summed E-state index contributed by atoms with van der Waals surface area (Å²) in [7, 11) is 1.65. The molecule has 1 N–H and O–H groups in total. The highest BCUT2D eigenvalue weighted by atomic mass is 16.5. The van der Waals surface area contributed by atoms with Crippen molar-refractivity contribution in [3.05, 3.63) is 60.2 Å².